The summed E-state index contributed by atoms with van der Waals surface area (Å²) in [5, 5.41) is 12.9. The lowest BCUT2D eigenvalue weighted by atomic mass is 10.3. The third-order valence-corrected chi connectivity index (χ3v) is 2.70. The Balaban J connectivity index is 2.76. The van der Waals surface area contributed by atoms with Crippen LogP contribution in [0.2, 0.25) is 5.02 Å². The molecule has 0 saturated carbocycles. The van der Waals surface area contributed by atoms with E-state index in [1.54, 1.807) is 0 Å². The average molecular weight is 317 g/mol. The van der Waals surface area contributed by atoms with Crippen molar-refractivity contribution in [1.29, 1.82) is 0 Å². The minimum Gasteiger partial charge on any atom is -0.491 e. The number of carbonyl (C=O) groups is 2. The highest BCUT2D eigenvalue weighted by molar-refractivity contribution is 6.32. The number of nitro groups is 1. The van der Waals surface area contributed by atoms with E-state index in [-0.39, 0.29) is 23.1 Å². The summed E-state index contributed by atoms with van der Waals surface area (Å²) in [6.45, 7) is 1.05. The van der Waals surface area contributed by atoms with Gasteiger partial charge in [0.1, 0.15) is 17.4 Å². The summed E-state index contributed by atoms with van der Waals surface area (Å²) in [6, 6.07) is 2.79. The van der Waals surface area contributed by atoms with E-state index in [1.165, 1.54) is 32.2 Å². The number of nitrogens with one attached hydrogen (secondary N) is 1. The predicted molar refractivity (Wildman–Crippen MR) is 73.2 cm³/mol. The molecule has 0 fully saturated rings. The van der Waals surface area contributed by atoms with Crippen molar-refractivity contribution in [2.75, 3.05) is 13.7 Å². The maximum absolute atomic E-state index is 11.4. The number of hydrogen-bond donors (Lipinski definition) is 1. The van der Waals surface area contributed by atoms with E-state index in [0.717, 1.165) is 0 Å². The number of hydrogen-bond acceptors (Lipinski definition) is 6. The van der Waals surface area contributed by atoms with E-state index in [4.69, 9.17) is 16.3 Å². The summed E-state index contributed by atoms with van der Waals surface area (Å²) >= 11 is 5.73. The van der Waals surface area contributed by atoms with Gasteiger partial charge < -0.3 is 14.8 Å². The molecular weight excluding hydrogens is 304 g/mol. The summed E-state index contributed by atoms with van der Waals surface area (Å²) < 4.78 is 9.81. The van der Waals surface area contributed by atoms with Crippen LogP contribution in [0.4, 0.5) is 5.69 Å². The van der Waals surface area contributed by atoms with Gasteiger partial charge in [-0.2, -0.15) is 0 Å². The van der Waals surface area contributed by atoms with Crippen LogP contribution >= 0.6 is 11.6 Å². The number of amides is 1. The van der Waals surface area contributed by atoms with Crippen LogP contribution in [0, 0.1) is 10.1 Å². The monoisotopic (exact) mass is 316 g/mol. The molecule has 0 aliphatic heterocycles. The van der Waals surface area contributed by atoms with Gasteiger partial charge in [-0.3, -0.25) is 14.9 Å². The molecule has 0 heterocycles. The van der Waals surface area contributed by atoms with Gasteiger partial charge in [-0.15, -0.1) is 0 Å². The van der Waals surface area contributed by atoms with Crippen molar-refractivity contribution in [3.63, 3.8) is 0 Å². The first-order chi connectivity index (χ1) is 9.85. The van der Waals surface area contributed by atoms with Crippen molar-refractivity contribution in [2.45, 2.75) is 13.0 Å². The van der Waals surface area contributed by atoms with Crippen LogP contribution in [0.15, 0.2) is 18.2 Å². The molecular formula is C12H13ClN2O6. The molecule has 1 N–H and O–H groups in total. The van der Waals surface area contributed by atoms with E-state index < -0.39 is 22.8 Å². The molecule has 0 aliphatic carbocycles. The minimum atomic E-state index is -0.985. The number of ether oxygens (including phenoxy) is 2. The van der Waals surface area contributed by atoms with Crippen LogP contribution in [0.5, 0.6) is 5.75 Å². The topological polar surface area (TPSA) is 108 Å². The maximum Gasteiger partial charge on any atom is 0.331 e. The number of esters is 1. The van der Waals surface area contributed by atoms with Gasteiger partial charge in [0.05, 0.1) is 12.0 Å². The van der Waals surface area contributed by atoms with Crippen molar-refractivity contribution in [3.8, 4) is 5.75 Å². The Morgan fingerprint density at radius 1 is 1.48 bits per heavy atom. The van der Waals surface area contributed by atoms with E-state index in [2.05, 4.69) is 10.1 Å². The van der Waals surface area contributed by atoms with Gasteiger partial charge in [0.15, 0.2) is 6.04 Å². The van der Waals surface area contributed by atoms with Crippen molar-refractivity contribution >= 4 is 29.2 Å². The summed E-state index contributed by atoms with van der Waals surface area (Å²) in [4.78, 5) is 32.4. The maximum atomic E-state index is 11.4. The molecule has 0 spiro atoms. The first kappa shape index (κ1) is 16.7. The van der Waals surface area contributed by atoms with Crippen LogP contribution in [0.1, 0.15) is 6.92 Å². The lowest BCUT2D eigenvalue weighted by Gasteiger charge is -2.16. The quantitative estimate of drug-likeness (QED) is 0.481. The third-order valence-electron chi connectivity index (χ3n) is 2.40. The zero-order valence-electron chi connectivity index (χ0n) is 11.3. The molecule has 21 heavy (non-hydrogen) atoms. The highest BCUT2D eigenvalue weighted by Crippen LogP contribution is 2.28. The Hall–Kier alpha value is -2.35. The third kappa shape index (κ3) is 4.92. The average Bonchev–Trinajstić information content (AvgIpc) is 2.41. The molecule has 0 aromatic heterocycles. The number of nitro benzene ring substituents is 1. The Kier molecular flexibility index (Phi) is 5.92. The molecule has 8 nitrogen and oxygen atoms in total. The first-order valence-electron chi connectivity index (χ1n) is 5.76. The minimum absolute atomic E-state index is 0.0911. The largest absolute Gasteiger partial charge is 0.491 e. The van der Waals surface area contributed by atoms with Gasteiger partial charge in [-0.1, -0.05) is 11.6 Å². The van der Waals surface area contributed by atoms with Gasteiger partial charge in [-0.05, 0) is 6.07 Å². The standard InChI is InChI=1S/C12H13ClN2O6/c1-7(16)14-10(12(17)20-2)6-21-8-3-4-11(15(18)19)9(13)5-8/h3-5,10H,6H2,1-2H3,(H,14,16). The molecule has 1 amide bonds. The van der Waals surface area contributed by atoms with Crippen LogP contribution in [0.3, 0.4) is 0 Å². The summed E-state index contributed by atoms with van der Waals surface area (Å²) in [6.07, 6.45) is 0. The molecule has 1 aromatic rings. The second-order valence-corrected chi connectivity index (χ2v) is 4.36. The zero-order chi connectivity index (χ0) is 16.0. The summed E-state index contributed by atoms with van der Waals surface area (Å²) in [5.41, 5.74) is -0.254. The van der Waals surface area contributed by atoms with Crippen molar-refractivity contribution in [1.82, 2.24) is 5.32 Å². The number of nitrogens with zero attached hydrogens (tertiary/aromatic N) is 1. The summed E-state index contributed by atoms with van der Waals surface area (Å²) in [7, 11) is 1.18. The van der Waals surface area contributed by atoms with Crippen LogP contribution in [-0.2, 0) is 14.3 Å². The van der Waals surface area contributed by atoms with Crippen LogP contribution in [0.25, 0.3) is 0 Å². The van der Waals surface area contributed by atoms with Gasteiger partial charge in [0, 0.05) is 19.1 Å². The predicted octanol–water partition coefficient (Wildman–Crippen LogP) is 1.30. The van der Waals surface area contributed by atoms with E-state index in [9.17, 15) is 19.7 Å². The fraction of sp³-hybridized carbons (Fsp3) is 0.333. The fourth-order valence-electron chi connectivity index (χ4n) is 1.46. The van der Waals surface area contributed by atoms with E-state index in [1.807, 2.05) is 0 Å². The molecule has 0 aliphatic rings. The molecule has 1 rings (SSSR count). The van der Waals surface area contributed by atoms with Gasteiger partial charge in [0.25, 0.3) is 5.69 Å². The SMILES string of the molecule is COC(=O)C(COc1ccc([N+](=O)[O-])c(Cl)c1)NC(C)=O. The highest BCUT2D eigenvalue weighted by atomic mass is 35.5. The van der Waals surface area contributed by atoms with Crippen molar-refractivity contribution < 1.29 is 24.0 Å². The zero-order valence-corrected chi connectivity index (χ0v) is 12.0. The molecule has 0 bridgehead atoms. The van der Waals surface area contributed by atoms with Gasteiger partial charge in [-0.25, -0.2) is 4.79 Å². The summed E-state index contributed by atoms with van der Waals surface area (Å²) in [5.74, 6) is -0.862. The van der Waals surface area contributed by atoms with Crippen LogP contribution in [-0.4, -0.2) is 36.6 Å². The molecule has 1 atom stereocenters. The van der Waals surface area contributed by atoms with Crippen LogP contribution < -0.4 is 10.1 Å². The van der Waals surface area contributed by atoms with Crippen molar-refractivity contribution in [3.05, 3.63) is 33.3 Å². The number of halogens is 1. The lowest BCUT2D eigenvalue weighted by molar-refractivity contribution is -0.384. The number of benzene rings is 1. The number of methoxy groups -OCH3 is 1. The molecule has 9 heteroatoms. The Bertz CT molecular complexity index is 563. The normalized spacial score (nSPS) is 11.4. The highest BCUT2D eigenvalue weighted by Gasteiger charge is 2.21. The van der Waals surface area contributed by atoms with Gasteiger partial charge in [0.2, 0.25) is 5.91 Å². The lowest BCUT2D eigenvalue weighted by Crippen LogP contribution is -2.44. The second-order valence-electron chi connectivity index (χ2n) is 3.96. The molecule has 1 aromatic carbocycles. The van der Waals surface area contributed by atoms with Crippen molar-refractivity contribution in [2.24, 2.45) is 0 Å². The Morgan fingerprint density at radius 2 is 2.14 bits per heavy atom. The number of rotatable bonds is 6. The fourth-order valence-corrected chi connectivity index (χ4v) is 1.70. The second kappa shape index (κ2) is 7.44. The van der Waals surface area contributed by atoms with E-state index >= 15 is 0 Å². The smallest absolute Gasteiger partial charge is 0.331 e. The molecule has 114 valence electrons. The first-order valence-corrected chi connectivity index (χ1v) is 6.14. The Labute approximate surface area is 125 Å². The molecule has 1 unspecified atom stereocenters. The Morgan fingerprint density at radius 3 is 2.62 bits per heavy atom. The molecule has 0 saturated heterocycles. The van der Waals surface area contributed by atoms with Gasteiger partial charge >= 0.3 is 5.97 Å². The van der Waals surface area contributed by atoms with E-state index in [0.29, 0.717) is 0 Å². The molecule has 0 radical (unpaired) electrons. The number of carbonyl (C=O) groups excluding carboxylic acids is 2.